The monoisotopic (exact) mass is 410 g/mol. The highest BCUT2D eigenvalue weighted by Crippen LogP contribution is 2.35. The molecule has 0 saturated carbocycles. The molecule has 0 atom stereocenters. The Morgan fingerprint density at radius 3 is 2.43 bits per heavy atom. The van der Waals surface area contributed by atoms with E-state index in [1.165, 1.54) is 11.3 Å². The fourth-order valence-corrected chi connectivity index (χ4v) is 4.12. The highest BCUT2D eigenvalue weighted by atomic mass is 35.5. The number of rotatable bonds is 4. The van der Waals surface area contributed by atoms with Gasteiger partial charge in [-0.2, -0.15) is 0 Å². The third-order valence-corrected chi connectivity index (χ3v) is 5.75. The zero-order valence-electron chi connectivity index (χ0n) is 15.5. The molecule has 1 aliphatic heterocycles. The van der Waals surface area contributed by atoms with Crippen molar-refractivity contribution in [3.63, 3.8) is 0 Å². The van der Waals surface area contributed by atoms with Crippen LogP contribution in [0.5, 0.6) is 0 Å². The molecular weight excluding hydrogens is 392 g/mol. The summed E-state index contributed by atoms with van der Waals surface area (Å²) in [6.45, 7) is 0.269. The van der Waals surface area contributed by atoms with Crippen LogP contribution in [0.2, 0.25) is 5.02 Å². The number of hydrogen-bond donors (Lipinski definition) is 2. The van der Waals surface area contributed by atoms with Gasteiger partial charge in [0, 0.05) is 41.4 Å². The van der Waals surface area contributed by atoms with Crippen molar-refractivity contribution in [1.82, 2.24) is 4.98 Å². The van der Waals surface area contributed by atoms with E-state index in [0.717, 1.165) is 22.6 Å². The number of aliphatic hydroxyl groups excluding tert-OH is 1. The van der Waals surface area contributed by atoms with Gasteiger partial charge in [0.15, 0.2) is 0 Å². The Kier molecular flexibility index (Phi) is 4.83. The average molecular weight is 411 g/mol. The maximum Gasteiger partial charge on any atom is 0.139 e. The molecule has 0 saturated heterocycles. The number of thiazole rings is 1. The zero-order chi connectivity index (χ0) is 19.8. The van der Waals surface area contributed by atoms with E-state index in [0.29, 0.717) is 15.6 Å². The van der Waals surface area contributed by atoms with Crippen LogP contribution in [0, 0.1) is 5.41 Å². The first kappa shape index (κ1) is 18.5. The molecule has 28 heavy (non-hydrogen) atoms. The van der Waals surface area contributed by atoms with Crippen LogP contribution >= 0.6 is 22.9 Å². The second kappa shape index (κ2) is 7.30. The third-order valence-electron chi connectivity index (χ3n) is 4.64. The fourth-order valence-electron chi connectivity index (χ4n) is 3.10. The number of amidine groups is 1. The van der Waals surface area contributed by atoms with Gasteiger partial charge in [0.1, 0.15) is 16.6 Å². The van der Waals surface area contributed by atoms with Crippen molar-refractivity contribution in [1.29, 1.82) is 5.41 Å². The molecule has 2 heterocycles. The van der Waals surface area contributed by atoms with Gasteiger partial charge < -0.3 is 14.9 Å². The number of halogens is 1. The molecule has 2 N–H and O–H groups in total. The van der Waals surface area contributed by atoms with Gasteiger partial charge in [-0.05, 0) is 36.4 Å². The third kappa shape index (κ3) is 3.37. The predicted octanol–water partition coefficient (Wildman–Crippen LogP) is 5.30. The maximum atomic E-state index is 10.5. The van der Waals surface area contributed by atoms with Gasteiger partial charge in [-0.25, -0.2) is 4.98 Å². The molecule has 142 valence electrons. The minimum Gasteiger partial charge on any atom is -0.510 e. The molecule has 1 aromatic heterocycles. The van der Waals surface area contributed by atoms with Crippen molar-refractivity contribution in [3.8, 4) is 11.3 Å². The van der Waals surface area contributed by atoms with Crippen LogP contribution in [0.3, 0.4) is 0 Å². The van der Waals surface area contributed by atoms with Gasteiger partial charge in [-0.3, -0.25) is 5.41 Å². The highest BCUT2D eigenvalue weighted by molar-refractivity contribution is 7.11. The molecule has 3 aromatic rings. The summed E-state index contributed by atoms with van der Waals surface area (Å²) in [5.41, 5.74) is 4.19. The number of benzene rings is 2. The van der Waals surface area contributed by atoms with Gasteiger partial charge in [0.2, 0.25) is 0 Å². The normalized spacial score (nSPS) is 14.1. The van der Waals surface area contributed by atoms with Crippen LogP contribution in [0.4, 0.5) is 11.4 Å². The molecular formula is C21H19ClN4OS. The quantitative estimate of drug-likeness (QED) is 0.612. The summed E-state index contributed by atoms with van der Waals surface area (Å²) in [7, 11) is 3.97. The number of aromatic nitrogens is 1. The molecule has 1 aliphatic rings. The van der Waals surface area contributed by atoms with E-state index in [2.05, 4.69) is 4.98 Å². The fraction of sp³-hybridized carbons (Fsp3) is 0.143. The van der Waals surface area contributed by atoms with Crippen molar-refractivity contribution in [3.05, 3.63) is 69.7 Å². The standard InChI is InChI=1S/C21H19ClN4OS/c1-25(2)15-7-9-16(10-8-15)26-11-18(27)19(20(26)23)21-24-17(12-28-21)13-3-5-14(22)6-4-13/h3-10,12,23,27H,11H2,1-2H3. The summed E-state index contributed by atoms with van der Waals surface area (Å²) in [5.74, 6) is 0.422. The maximum absolute atomic E-state index is 10.5. The average Bonchev–Trinajstić information content (AvgIpc) is 3.27. The van der Waals surface area contributed by atoms with Crippen LogP contribution in [0.25, 0.3) is 16.8 Å². The number of nitrogens with one attached hydrogen (secondary N) is 1. The summed E-state index contributed by atoms with van der Waals surface area (Å²) < 4.78 is 0. The van der Waals surface area contributed by atoms with E-state index in [1.54, 1.807) is 4.90 Å². The van der Waals surface area contributed by atoms with Crippen molar-refractivity contribution in [2.75, 3.05) is 30.4 Å². The lowest BCUT2D eigenvalue weighted by molar-refractivity contribution is 0.411. The minimum absolute atomic E-state index is 0.165. The lowest BCUT2D eigenvalue weighted by Crippen LogP contribution is -2.26. The van der Waals surface area contributed by atoms with Crippen LogP contribution in [0.15, 0.2) is 59.7 Å². The Hall–Kier alpha value is -2.83. The van der Waals surface area contributed by atoms with Crippen LogP contribution in [-0.4, -0.2) is 36.6 Å². The second-order valence-corrected chi connectivity index (χ2v) is 8.01. The van der Waals surface area contributed by atoms with E-state index in [-0.39, 0.29) is 18.1 Å². The van der Waals surface area contributed by atoms with Crippen LogP contribution < -0.4 is 9.80 Å². The van der Waals surface area contributed by atoms with Crippen molar-refractivity contribution in [2.45, 2.75) is 0 Å². The Labute approximate surface area is 172 Å². The van der Waals surface area contributed by atoms with E-state index < -0.39 is 0 Å². The molecule has 5 nitrogen and oxygen atoms in total. The van der Waals surface area contributed by atoms with E-state index >= 15 is 0 Å². The van der Waals surface area contributed by atoms with Gasteiger partial charge >= 0.3 is 0 Å². The van der Waals surface area contributed by atoms with E-state index in [9.17, 15) is 5.11 Å². The first-order valence-corrected chi connectivity index (χ1v) is 9.97. The van der Waals surface area contributed by atoms with Crippen molar-refractivity contribution >= 4 is 45.7 Å². The highest BCUT2D eigenvalue weighted by Gasteiger charge is 2.31. The van der Waals surface area contributed by atoms with Gasteiger partial charge in [-0.1, -0.05) is 23.7 Å². The predicted molar refractivity (Wildman–Crippen MR) is 118 cm³/mol. The zero-order valence-corrected chi connectivity index (χ0v) is 17.1. The van der Waals surface area contributed by atoms with Gasteiger partial charge in [0.25, 0.3) is 0 Å². The van der Waals surface area contributed by atoms with E-state index in [4.69, 9.17) is 17.0 Å². The lowest BCUT2D eigenvalue weighted by atomic mass is 10.2. The molecule has 0 bridgehead atoms. The molecule has 2 aromatic carbocycles. The topological polar surface area (TPSA) is 63.5 Å². The Bertz CT molecular complexity index is 1050. The first-order valence-electron chi connectivity index (χ1n) is 8.72. The number of anilines is 2. The molecule has 0 unspecified atom stereocenters. The molecule has 7 heteroatoms. The molecule has 0 spiro atoms. The summed E-state index contributed by atoms with van der Waals surface area (Å²) in [6.07, 6.45) is 0. The van der Waals surface area contributed by atoms with Crippen LogP contribution in [0.1, 0.15) is 5.01 Å². The molecule has 0 fully saturated rings. The summed E-state index contributed by atoms with van der Waals surface area (Å²) in [5, 5.41) is 22.4. The summed E-state index contributed by atoms with van der Waals surface area (Å²) >= 11 is 7.37. The summed E-state index contributed by atoms with van der Waals surface area (Å²) in [6, 6.07) is 15.4. The number of nitrogens with zero attached hydrogens (tertiary/aromatic N) is 3. The lowest BCUT2D eigenvalue weighted by Gasteiger charge is -2.20. The molecule has 0 radical (unpaired) electrons. The number of aliphatic hydroxyl groups is 1. The molecule has 0 amide bonds. The van der Waals surface area contributed by atoms with E-state index in [1.807, 2.05) is 72.9 Å². The Morgan fingerprint density at radius 2 is 1.79 bits per heavy atom. The minimum atomic E-state index is 0.165. The Balaban J connectivity index is 1.60. The smallest absolute Gasteiger partial charge is 0.139 e. The van der Waals surface area contributed by atoms with Gasteiger partial charge in [0.05, 0.1) is 17.8 Å². The SMILES string of the molecule is CN(C)c1ccc(N2CC(O)=C(c3nc(-c4ccc(Cl)cc4)cs3)C2=N)cc1. The first-order chi connectivity index (χ1) is 13.4. The van der Waals surface area contributed by atoms with Crippen molar-refractivity contribution in [2.24, 2.45) is 0 Å². The van der Waals surface area contributed by atoms with Crippen LogP contribution in [-0.2, 0) is 0 Å². The number of hydrogen-bond acceptors (Lipinski definition) is 5. The van der Waals surface area contributed by atoms with Gasteiger partial charge in [-0.15, -0.1) is 11.3 Å². The Morgan fingerprint density at radius 1 is 1.11 bits per heavy atom. The summed E-state index contributed by atoms with van der Waals surface area (Å²) in [4.78, 5) is 8.45. The molecule has 0 aliphatic carbocycles. The molecule has 4 rings (SSSR count). The van der Waals surface area contributed by atoms with Crippen molar-refractivity contribution < 1.29 is 5.11 Å². The largest absolute Gasteiger partial charge is 0.510 e. The second-order valence-electron chi connectivity index (χ2n) is 6.71.